The average molecular weight is 171 g/mol. The molecule has 1 N–H and O–H groups in total. The summed E-state index contributed by atoms with van der Waals surface area (Å²) in [6.07, 6.45) is 0.386. The Hall–Kier alpha value is -0.520. The molecule has 1 aliphatic heterocycles. The van der Waals surface area contributed by atoms with Crippen molar-refractivity contribution in [2.45, 2.75) is 12.7 Å². The maximum absolute atomic E-state index is 5.46. The number of nitrogens with zero attached hydrogens (tertiary/aromatic N) is 2. The summed E-state index contributed by atoms with van der Waals surface area (Å²) in [5.41, 5.74) is 0.932. The van der Waals surface area contributed by atoms with Gasteiger partial charge >= 0.3 is 0 Å². The van der Waals surface area contributed by atoms with E-state index in [1.54, 1.807) is 0 Å². The topological polar surface area (TPSA) is 47.0 Å². The molecule has 0 bridgehead atoms. The molecule has 0 unspecified atom stereocenters. The van der Waals surface area contributed by atoms with Gasteiger partial charge in [-0.1, -0.05) is 4.49 Å². The molecule has 2 heterocycles. The van der Waals surface area contributed by atoms with Crippen LogP contribution in [0.3, 0.4) is 0 Å². The highest BCUT2D eigenvalue weighted by atomic mass is 32.1. The van der Waals surface area contributed by atoms with E-state index in [-0.39, 0.29) is 0 Å². The van der Waals surface area contributed by atoms with Crippen molar-refractivity contribution in [2.24, 2.45) is 0 Å². The van der Waals surface area contributed by atoms with Crippen molar-refractivity contribution in [1.29, 1.82) is 0 Å². The van der Waals surface area contributed by atoms with E-state index in [0.29, 0.717) is 12.7 Å². The number of hydrogen-bond donors (Lipinski definition) is 1. The van der Waals surface area contributed by atoms with Gasteiger partial charge in [0.1, 0.15) is 5.69 Å². The van der Waals surface area contributed by atoms with Gasteiger partial charge in [0.25, 0.3) is 0 Å². The molecule has 1 aromatic heterocycles. The van der Waals surface area contributed by atoms with E-state index in [0.717, 1.165) is 18.8 Å². The minimum Gasteiger partial charge on any atom is -0.369 e. The van der Waals surface area contributed by atoms with Gasteiger partial charge in [-0.2, -0.15) is 0 Å². The Morgan fingerprint density at radius 2 is 2.64 bits per heavy atom. The molecule has 0 aromatic carbocycles. The third-order valence-electron chi connectivity index (χ3n) is 1.62. The fourth-order valence-corrected chi connectivity index (χ4v) is 1.27. The highest BCUT2D eigenvalue weighted by molar-refractivity contribution is 7.03. The van der Waals surface area contributed by atoms with Crippen molar-refractivity contribution in [3.63, 3.8) is 0 Å². The Labute approximate surface area is 68.7 Å². The summed E-state index contributed by atoms with van der Waals surface area (Å²) in [5, 5.41) is 8.91. The highest BCUT2D eigenvalue weighted by Gasteiger charge is 2.16. The highest BCUT2D eigenvalue weighted by Crippen LogP contribution is 2.04. The van der Waals surface area contributed by atoms with E-state index >= 15 is 0 Å². The third-order valence-corrected chi connectivity index (χ3v) is 2.17. The smallest absolute Gasteiger partial charge is 0.101 e. The summed E-state index contributed by atoms with van der Waals surface area (Å²) in [4.78, 5) is 0. The number of rotatable bonds is 3. The number of hydrogen-bond acceptors (Lipinski definition) is 5. The molecule has 2 rings (SSSR count). The lowest BCUT2D eigenvalue weighted by Gasteiger charge is -2.26. The van der Waals surface area contributed by atoms with Crippen LogP contribution in [0.15, 0.2) is 5.38 Å². The van der Waals surface area contributed by atoms with Gasteiger partial charge in [0.15, 0.2) is 0 Å². The van der Waals surface area contributed by atoms with E-state index in [1.165, 1.54) is 11.5 Å². The lowest BCUT2D eigenvalue weighted by atomic mass is 10.2. The predicted octanol–water partition coefficient (Wildman–Crippen LogP) is 0.0265. The molecule has 11 heavy (non-hydrogen) atoms. The molecule has 60 valence electrons. The van der Waals surface area contributed by atoms with E-state index in [2.05, 4.69) is 14.9 Å². The van der Waals surface area contributed by atoms with Crippen molar-refractivity contribution >= 4 is 11.5 Å². The van der Waals surface area contributed by atoms with Crippen LogP contribution in [0.1, 0.15) is 5.69 Å². The molecule has 4 nitrogen and oxygen atoms in total. The predicted molar refractivity (Wildman–Crippen MR) is 41.4 cm³/mol. The number of ether oxygens (including phenoxy) is 1. The first-order valence-corrected chi connectivity index (χ1v) is 4.37. The van der Waals surface area contributed by atoms with Gasteiger partial charge in [-0.3, -0.25) is 0 Å². The number of nitrogens with one attached hydrogen (secondary N) is 1. The van der Waals surface area contributed by atoms with Crippen LogP contribution < -0.4 is 5.32 Å². The van der Waals surface area contributed by atoms with Crippen LogP contribution >= 0.6 is 11.5 Å². The molecule has 0 atom stereocenters. The summed E-state index contributed by atoms with van der Waals surface area (Å²) < 4.78 is 9.20. The van der Waals surface area contributed by atoms with Crippen LogP contribution in [-0.2, 0) is 11.3 Å². The number of aromatic nitrogens is 2. The SMILES string of the molecule is c1snnc1COC1CNC1. The van der Waals surface area contributed by atoms with Crippen LogP contribution in [0, 0.1) is 0 Å². The standard InChI is InChI=1S/C6H9N3OS/c1-6(2-7-1)10-3-5-4-11-9-8-5/h4,6-7H,1-3H2. The Kier molecular flexibility index (Phi) is 2.11. The maximum atomic E-state index is 5.46. The minimum atomic E-state index is 0.386. The second kappa shape index (κ2) is 3.25. The van der Waals surface area contributed by atoms with Gasteiger partial charge in [0, 0.05) is 18.5 Å². The largest absolute Gasteiger partial charge is 0.369 e. The zero-order valence-corrected chi connectivity index (χ0v) is 6.80. The molecule has 1 aliphatic rings. The first-order valence-electron chi connectivity index (χ1n) is 3.53. The first-order chi connectivity index (χ1) is 5.45. The molecule has 1 aromatic rings. The Bertz CT molecular complexity index is 210. The van der Waals surface area contributed by atoms with Crippen LogP contribution in [0.4, 0.5) is 0 Å². The van der Waals surface area contributed by atoms with E-state index < -0.39 is 0 Å². The molecule has 1 fully saturated rings. The third kappa shape index (κ3) is 1.74. The summed E-state index contributed by atoms with van der Waals surface area (Å²) >= 11 is 1.36. The van der Waals surface area contributed by atoms with Crippen molar-refractivity contribution in [2.75, 3.05) is 13.1 Å². The van der Waals surface area contributed by atoms with Crippen molar-refractivity contribution in [3.8, 4) is 0 Å². The molecular weight excluding hydrogens is 162 g/mol. The summed E-state index contributed by atoms with van der Waals surface area (Å²) in [7, 11) is 0. The van der Waals surface area contributed by atoms with Crippen LogP contribution in [0.5, 0.6) is 0 Å². The lowest BCUT2D eigenvalue weighted by molar-refractivity contribution is 0.00605. The normalized spacial score (nSPS) is 18.2. The average Bonchev–Trinajstić information content (AvgIpc) is 2.36. The van der Waals surface area contributed by atoms with Gasteiger partial charge < -0.3 is 10.1 Å². The second-order valence-corrected chi connectivity index (χ2v) is 3.10. The van der Waals surface area contributed by atoms with Gasteiger partial charge in [-0.15, -0.1) is 5.10 Å². The first kappa shape index (κ1) is 7.15. The van der Waals surface area contributed by atoms with Gasteiger partial charge in [-0.05, 0) is 11.5 Å². The zero-order chi connectivity index (χ0) is 7.52. The Balaban J connectivity index is 1.74. The monoisotopic (exact) mass is 171 g/mol. The Morgan fingerprint density at radius 3 is 3.18 bits per heavy atom. The molecule has 0 saturated carbocycles. The van der Waals surface area contributed by atoms with Crippen molar-refractivity contribution in [1.82, 2.24) is 14.9 Å². The van der Waals surface area contributed by atoms with E-state index in [1.807, 2.05) is 5.38 Å². The molecule has 0 aliphatic carbocycles. The summed E-state index contributed by atoms with van der Waals surface area (Å²) in [6.45, 7) is 2.54. The zero-order valence-electron chi connectivity index (χ0n) is 5.99. The van der Waals surface area contributed by atoms with Gasteiger partial charge in [-0.25, -0.2) is 0 Å². The summed E-state index contributed by atoms with van der Waals surface area (Å²) in [6, 6.07) is 0. The maximum Gasteiger partial charge on any atom is 0.101 e. The Morgan fingerprint density at radius 1 is 1.73 bits per heavy atom. The molecule has 0 spiro atoms. The lowest BCUT2D eigenvalue weighted by Crippen LogP contribution is -2.48. The van der Waals surface area contributed by atoms with Crippen LogP contribution in [0.25, 0.3) is 0 Å². The molecular formula is C6H9N3OS. The molecule has 1 saturated heterocycles. The van der Waals surface area contributed by atoms with Crippen molar-refractivity contribution < 1.29 is 4.74 Å². The summed E-state index contributed by atoms with van der Waals surface area (Å²) in [5.74, 6) is 0. The molecule has 0 radical (unpaired) electrons. The minimum absolute atomic E-state index is 0.386. The fourth-order valence-electron chi connectivity index (χ4n) is 0.830. The fraction of sp³-hybridized carbons (Fsp3) is 0.667. The van der Waals surface area contributed by atoms with Gasteiger partial charge in [0.05, 0.1) is 12.7 Å². The second-order valence-electron chi connectivity index (χ2n) is 2.49. The van der Waals surface area contributed by atoms with E-state index in [4.69, 9.17) is 4.74 Å². The van der Waals surface area contributed by atoms with Crippen LogP contribution in [-0.4, -0.2) is 28.8 Å². The van der Waals surface area contributed by atoms with Crippen molar-refractivity contribution in [3.05, 3.63) is 11.1 Å². The van der Waals surface area contributed by atoms with Crippen LogP contribution in [0.2, 0.25) is 0 Å². The molecule has 5 heteroatoms. The molecule has 0 amide bonds. The quantitative estimate of drug-likeness (QED) is 0.697. The van der Waals surface area contributed by atoms with E-state index in [9.17, 15) is 0 Å². The van der Waals surface area contributed by atoms with Gasteiger partial charge in [0.2, 0.25) is 0 Å².